The molecule has 1 N–H and O–H groups in total. The van der Waals surface area contributed by atoms with Crippen LogP contribution >= 0.6 is 0 Å². The largest absolute Gasteiger partial charge is 0.354 e. The molecule has 1 saturated heterocycles. The summed E-state index contributed by atoms with van der Waals surface area (Å²) in [6, 6.07) is 20.0. The molecule has 5 heteroatoms. The summed E-state index contributed by atoms with van der Waals surface area (Å²) in [5, 5.41) is 3.10. The van der Waals surface area contributed by atoms with E-state index in [0.717, 1.165) is 56.7 Å². The number of hydrogen-bond donors (Lipinski definition) is 1. The Morgan fingerprint density at radius 1 is 0.806 bits per heavy atom. The molecular formula is C26H35N3O2. The molecule has 0 radical (unpaired) electrons. The minimum absolute atomic E-state index is 0.0593. The van der Waals surface area contributed by atoms with Gasteiger partial charge in [0.2, 0.25) is 11.8 Å². The Morgan fingerprint density at radius 3 is 1.84 bits per heavy atom. The highest BCUT2D eigenvalue weighted by Crippen LogP contribution is 2.23. The number of nitrogens with zero attached hydrogens (tertiary/aromatic N) is 2. The van der Waals surface area contributed by atoms with E-state index in [0.29, 0.717) is 6.54 Å². The molecule has 2 aromatic carbocycles. The molecule has 166 valence electrons. The van der Waals surface area contributed by atoms with E-state index < -0.39 is 0 Å². The summed E-state index contributed by atoms with van der Waals surface area (Å²) in [7, 11) is 0. The molecule has 31 heavy (non-hydrogen) atoms. The van der Waals surface area contributed by atoms with Gasteiger partial charge in [-0.15, -0.1) is 0 Å². The van der Waals surface area contributed by atoms with Crippen molar-refractivity contribution in [1.29, 1.82) is 0 Å². The van der Waals surface area contributed by atoms with Gasteiger partial charge in [0.25, 0.3) is 0 Å². The summed E-state index contributed by atoms with van der Waals surface area (Å²) in [6.07, 6.45) is 1.60. The van der Waals surface area contributed by atoms with Gasteiger partial charge in [0.15, 0.2) is 0 Å². The molecule has 1 heterocycles. The number of carbonyl (C=O) groups excluding carboxylic acids is 2. The number of piperazine rings is 1. The first-order chi connectivity index (χ1) is 15.1. The van der Waals surface area contributed by atoms with Crippen LogP contribution in [0.2, 0.25) is 0 Å². The van der Waals surface area contributed by atoms with E-state index in [9.17, 15) is 9.59 Å². The van der Waals surface area contributed by atoms with Gasteiger partial charge in [-0.3, -0.25) is 14.5 Å². The van der Waals surface area contributed by atoms with E-state index in [1.165, 1.54) is 0 Å². The SMILES string of the molecule is CC[C@H](C(=O)NCCN1CCN(C(=O)[C@H](CC)c2ccccc2)CC1)c1ccccc1. The van der Waals surface area contributed by atoms with Gasteiger partial charge in [0.05, 0.1) is 11.8 Å². The average Bonchev–Trinajstić information content (AvgIpc) is 2.82. The first-order valence-corrected chi connectivity index (χ1v) is 11.5. The monoisotopic (exact) mass is 421 g/mol. The van der Waals surface area contributed by atoms with Gasteiger partial charge in [-0.25, -0.2) is 0 Å². The van der Waals surface area contributed by atoms with Crippen LogP contribution in [0.15, 0.2) is 60.7 Å². The highest BCUT2D eigenvalue weighted by molar-refractivity contribution is 5.84. The van der Waals surface area contributed by atoms with Crippen LogP contribution in [0.3, 0.4) is 0 Å². The molecule has 3 rings (SSSR count). The number of benzene rings is 2. The summed E-state index contributed by atoms with van der Waals surface area (Å²) in [5.74, 6) is 0.169. The van der Waals surface area contributed by atoms with Crippen LogP contribution in [-0.4, -0.2) is 60.9 Å². The number of carbonyl (C=O) groups is 2. The Kier molecular flexibility index (Phi) is 8.65. The maximum atomic E-state index is 13.0. The molecule has 0 saturated carbocycles. The second kappa shape index (κ2) is 11.7. The van der Waals surface area contributed by atoms with E-state index >= 15 is 0 Å². The van der Waals surface area contributed by atoms with Crippen LogP contribution in [0.4, 0.5) is 0 Å². The maximum Gasteiger partial charge on any atom is 0.230 e. The fraction of sp³-hybridized carbons (Fsp3) is 0.462. The smallest absolute Gasteiger partial charge is 0.230 e. The zero-order valence-corrected chi connectivity index (χ0v) is 18.8. The van der Waals surface area contributed by atoms with Crippen LogP contribution in [0.25, 0.3) is 0 Å². The molecule has 0 spiro atoms. The van der Waals surface area contributed by atoms with Crippen LogP contribution in [0, 0.1) is 0 Å². The third-order valence-corrected chi connectivity index (χ3v) is 6.25. The number of amides is 2. The Labute approximate surface area is 186 Å². The minimum Gasteiger partial charge on any atom is -0.354 e. The lowest BCUT2D eigenvalue weighted by atomic mass is 9.95. The normalized spacial score (nSPS) is 16.5. The molecule has 0 aromatic heterocycles. The second-order valence-electron chi connectivity index (χ2n) is 8.20. The van der Waals surface area contributed by atoms with Gasteiger partial charge < -0.3 is 10.2 Å². The van der Waals surface area contributed by atoms with Gasteiger partial charge in [0, 0.05) is 39.3 Å². The molecular weight excluding hydrogens is 386 g/mol. The van der Waals surface area contributed by atoms with Gasteiger partial charge in [-0.1, -0.05) is 74.5 Å². The van der Waals surface area contributed by atoms with Crippen LogP contribution in [0.5, 0.6) is 0 Å². The Morgan fingerprint density at radius 2 is 1.32 bits per heavy atom. The van der Waals surface area contributed by atoms with Crippen molar-refractivity contribution in [2.75, 3.05) is 39.3 Å². The van der Waals surface area contributed by atoms with Crippen molar-refractivity contribution in [2.45, 2.75) is 38.5 Å². The molecule has 0 aliphatic carbocycles. The fourth-order valence-electron chi connectivity index (χ4n) is 4.37. The quantitative estimate of drug-likeness (QED) is 0.673. The van der Waals surface area contributed by atoms with E-state index in [4.69, 9.17) is 0 Å². The van der Waals surface area contributed by atoms with E-state index in [-0.39, 0.29) is 23.7 Å². The molecule has 2 amide bonds. The van der Waals surface area contributed by atoms with Crippen molar-refractivity contribution in [2.24, 2.45) is 0 Å². The average molecular weight is 422 g/mol. The molecule has 2 atom stereocenters. The van der Waals surface area contributed by atoms with E-state index in [2.05, 4.69) is 17.1 Å². The highest BCUT2D eigenvalue weighted by atomic mass is 16.2. The Hall–Kier alpha value is -2.66. The molecule has 1 aliphatic heterocycles. The van der Waals surface area contributed by atoms with E-state index in [1.807, 2.05) is 72.5 Å². The van der Waals surface area contributed by atoms with Crippen LogP contribution < -0.4 is 5.32 Å². The summed E-state index contributed by atoms with van der Waals surface area (Å²) in [5.41, 5.74) is 2.17. The van der Waals surface area contributed by atoms with Crippen molar-refractivity contribution >= 4 is 11.8 Å². The lowest BCUT2D eigenvalue weighted by Gasteiger charge is -2.36. The predicted octanol–water partition coefficient (Wildman–Crippen LogP) is 3.63. The van der Waals surface area contributed by atoms with Crippen molar-refractivity contribution in [3.63, 3.8) is 0 Å². The Bertz CT molecular complexity index is 814. The maximum absolute atomic E-state index is 13.0. The van der Waals surface area contributed by atoms with Crippen molar-refractivity contribution in [1.82, 2.24) is 15.1 Å². The lowest BCUT2D eigenvalue weighted by Crippen LogP contribution is -2.51. The van der Waals surface area contributed by atoms with Crippen molar-refractivity contribution in [3.05, 3.63) is 71.8 Å². The zero-order valence-electron chi connectivity index (χ0n) is 18.8. The minimum atomic E-state index is -0.0976. The summed E-state index contributed by atoms with van der Waals surface area (Å²) < 4.78 is 0. The van der Waals surface area contributed by atoms with Crippen LogP contribution in [0.1, 0.15) is 49.7 Å². The predicted molar refractivity (Wildman–Crippen MR) is 125 cm³/mol. The molecule has 1 fully saturated rings. The summed E-state index contributed by atoms with van der Waals surface area (Å²) >= 11 is 0. The molecule has 5 nitrogen and oxygen atoms in total. The standard InChI is InChI=1S/C26H35N3O2/c1-3-23(21-11-7-5-8-12-21)25(30)27-15-16-28-17-19-29(20-18-28)26(31)24(4-2)22-13-9-6-10-14-22/h5-14,23-24H,3-4,15-20H2,1-2H3,(H,27,30)/t23-,24+/m0/s1. The van der Waals surface area contributed by atoms with Gasteiger partial charge in [0.1, 0.15) is 0 Å². The second-order valence-corrected chi connectivity index (χ2v) is 8.20. The lowest BCUT2D eigenvalue weighted by molar-refractivity contribution is -0.134. The van der Waals surface area contributed by atoms with Gasteiger partial charge in [-0.05, 0) is 24.0 Å². The van der Waals surface area contributed by atoms with Gasteiger partial charge in [-0.2, -0.15) is 0 Å². The number of nitrogens with one attached hydrogen (secondary N) is 1. The highest BCUT2D eigenvalue weighted by Gasteiger charge is 2.27. The number of rotatable bonds is 9. The zero-order chi connectivity index (χ0) is 22.1. The molecule has 0 bridgehead atoms. The summed E-state index contributed by atoms with van der Waals surface area (Å²) in [4.78, 5) is 30.0. The molecule has 2 aromatic rings. The summed E-state index contributed by atoms with van der Waals surface area (Å²) in [6.45, 7) is 8.77. The van der Waals surface area contributed by atoms with Gasteiger partial charge >= 0.3 is 0 Å². The third-order valence-electron chi connectivity index (χ3n) is 6.25. The first kappa shape index (κ1) is 23.0. The first-order valence-electron chi connectivity index (χ1n) is 11.5. The van der Waals surface area contributed by atoms with Crippen molar-refractivity contribution < 1.29 is 9.59 Å². The molecule has 0 unspecified atom stereocenters. The topological polar surface area (TPSA) is 52.7 Å². The Balaban J connectivity index is 1.43. The van der Waals surface area contributed by atoms with E-state index in [1.54, 1.807) is 0 Å². The van der Waals surface area contributed by atoms with Crippen molar-refractivity contribution in [3.8, 4) is 0 Å². The third kappa shape index (κ3) is 6.17. The van der Waals surface area contributed by atoms with Crippen LogP contribution in [-0.2, 0) is 9.59 Å². The number of hydrogen-bond acceptors (Lipinski definition) is 3. The molecule has 1 aliphatic rings. The fourth-order valence-corrected chi connectivity index (χ4v) is 4.37.